The molecule has 0 saturated carbocycles. The van der Waals surface area contributed by atoms with E-state index in [9.17, 15) is 9.59 Å². The molecular formula is C19H23N5O3. The molecule has 2 aliphatic rings. The molecule has 2 N–H and O–H groups in total. The number of morpholine rings is 1. The van der Waals surface area contributed by atoms with Crippen molar-refractivity contribution in [3.8, 4) is 11.3 Å². The molecule has 1 aromatic heterocycles. The lowest BCUT2D eigenvalue weighted by atomic mass is 10.1. The molecule has 0 radical (unpaired) electrons. The molecule has 4 rings (SSSR count). The zero-order valence-electron chi connectivity index (χ0n) is 15.1. The van der Waals surface area contributed by atoms with E-state index in [1.54, 1.807) is 28.1 Å². The third-order valence-corrected chi connectivity index (χ3v) is 5.06. The van der Waals surface area contributed by atoms with Crippen LogP contribution in [0, 0.1) is 0 Å². The maximum Gasteiger partial charge on any atom is 0.254 e. The van der Waals surface area contributed by atoms with E-state index in [1.807, 2.05) is 18.2 Å². The van der Waals surface area contributed by atoms with E-state index in [0.717, 1.165) is 11.3 Å². The Morgan fingerprint density at radius 2 is 1.85 bits per heavy atom. The van der Waals surface area contributed by atoms with E-state index < -0.39 is 6.04 Å². The summed E-state index contributed by atoms with van der Waals surface area (Å²) in [7, 11) is 0. The highest BCUT2D eigenvalue weighted by Gasteiger charge is 2.35. The number of hydrogen-bond acceptors (Lipinski definition) is 5. The van der Waals surface area contributed by atoms with Crippen LogP contribution in [0.2, 0.25) is 0 Å². The standard InChI is InChI=1S/C19H23N5O3/c25-18(15-3-1-14(2-4-15)16-5-6-21-22-16)24-8-7-20-13-17(24)19(26)23-9-11-27-12-10-23/h1-6,17,20H,7-13H2,(H,21,22)/t17-/m1/s1. The van der Waals surface area contributed by atoms with Gasteiger partial charge in [0.05, 0.1) is 18.9 Å². The van der Waals surface area contributed by atoms with E-state index in [2.05, 4.69) is 15.5 Å². The molecule has 0 aliphatic carbocycles. The first-order valence-corrected chi connectivity index (χ1v) is 9.22. The topological polar surface area (TPSA) is 90.6 Å². The fourth-order valence-electron chi connectivity index (χ4n) is 3.54. The molecule has 0 unspecified atom stereocenters. The fourth-order valence-corrected chi connectivity index (χ4v) is 3.54. The molecule has 1 aromatic carbocycles. The number of carbonyl (C=O) groups excluding carboxylic acids is 2. The molecule has 8 nitrogen and oxygen atoms in total. The van der Waals surface area contributed by atoms with Crippen LogP contribution in [0.1, 0.15) is 10.4 Å². The van der Waals surface area contributed by atoms with Crippen LogP contribution in [-0.4, -0.2) is 83.8 Å². The van der Waals surface area contributed by atoms with Gasteiger partial charge in [-0.1, -0.05) is 12.1 Å². The minimum atomic E-state index is -0.475. The summed E-state index contributed by atoms with van der Waals surface area (Å²) in [5.41, 5.74) is 2.45. The Morgan fingerprint density at radius 1 is 1.07 bits per heavy atom. The van der Waals surface area contributed by atoms with Gasteiger partial charge in [0, 0.05) is 44.5 Å². The highest BCUT2D eigenvalue weighted by molar-refractivity contribution is 5.98. The maximum absolute atomic E-state index is 13.1. The predicted molar refractivity (Wildman–Crippen MR) is 99.1 cm³/mol. The highest BCUT2D eigenvalue weighted by Crippen LogP contribution is 2.19. The van der Waals surface area contributed by atoms with Crippen LogP contribution in [0.5, 0.6) is 0 Å². The van der Waals surface area contributed by atoms with Crippen molar-refractivity contribution in [1.29, 1.82) is 0 Å². The quantitative estimate of drug-likeness (QED) is 0.815. The van der Waals surface area contributed by atoms with Gasteiger partial charge in [0.15, 0.2) is 0 Å². The summed E-state index contributed by atoms with van der Waals surface area (Å²) in [5.74, 6) is -0.118. The van der Waals surface area contributed by atoms with Crippen LogP contribution >= 0.6 is 0 Å². The maximum atomic E-state index is 13.1. The predicted octanol–water partition coefficient (Wildman–Crippen LogP) is 0.350. The second-order valence-corrected chi connectivity index (χ2v) is 6.70. The molecule has 2 amide bonds. The Labute approximate surface area is 157 Å². The molecule has 2 aliphatic heterocycles. The number of aromatic nitrogens is 2. The second kappa shape index (κ2) is 7.89. The van der Waals surface area contributed by atoms with Crippen LogP contribution in [0.4, 0.5) is 0 Å². The number of carbonyl (C=O) groups is 2. The van der Waals surface area contributed by atoms with Crippen LogP contribution in [0.3, 0.4) is 0 Å². The van der Waals surface area contributed by atoms with E-state index in [1.165, 1.54) is 0 Å². The molecule has 2 aromatic rings. The number of aromatic amines is 1. The van der Waals surface area contributed by atoms with E-state index in [-0.39, 0.29) is 11.8 Å². The number of piperazine rings is 1. The van der Waals surface area contributed by atoms with Gasteiger partial charge < -0.3 is 19.9 Å². The van der Waals surface area contributed by atoms with Gasteiger partial charge in [-0.05, 0) is 23.8 Å². The summed E-state index contributed by atoms with van der Waals surface area (Å²) < 4.78 is 5.33. The van der Waals surface area contributed by atoms with Crippen LogP contribution in [-0.2, 0) is 9.53 Å². The monoisotopic (exact) mass is 369 g/mol. The lowest BCUT2D eigenvalue weighted by molar-refractivity contribution is -0.140. The van der Waals surface area contributed by atoms with Gasteiger partial charge in [0.2, 0.25) is 5.91 Å². The van der Waals surface area contributed by atoms with Gasteiger partial charge in [-0.2, -0.15) is 5.10 Å². The van der Waals surface area contributed by atoms with Crippen LogP contribution < -0.4 is 5.32 Å². The van der Waals surface area contributed by atoms with E-state index in [4.69, 9.17) is 4.74 Å². The zero-order valence-corrected chi connectivity index (χ0v) is 15.1. The summed E-state index contributed by atoms with van der Waals surface area (Å²) in [6.07, 6.45) is 1.69. The second-order valence-electron chi connectivity index (χ2n) is 6.70. The summed E-state index contributed by atoms with van der Waals surface area (Å²) in [4.78, 5) is 29.5. The minimum Gasteiger partial charge on any atom is -0.378 e. The molecule has 2 saturated heterocycles. The Balaban J connectivity index is 1.50. The third kappa shape index (κ3) is 3.72. The number of amides is 2. The van der Waals surface area contributed by atoms with E-state index in [0.29, 0.717) is 51.5 Å². The average molecular weight is 369 g/mol. The summed E-state index contributed by atoms with van der Waals surface area (Å²) >= 11 is 0. The minimum absolute atomic E-state index is 0.00655. The molecule has 27 heavy (non-hydrogen) atoms. The lowest BCUT2D eigenvalue weighted by Crippen LogP contribution is -2.61. The van der Waals surface area contributed by atoms with Crippen molar-refractivity contribution in [2.24, 2.45) is 0 Å². The number of benzene rings is 1. The Bertz CT molecular complexity index is 784. The summed E-state index contributed by atoms with van der Waals surface area (Å²) in [5, 5.41) is 10.1. The van der Waals surface area contributed by atoms with Crippen molar-refractivity contribution < 1.29 is 14.3 Å². The third-order valence-electron chi connectivity index (χ3n) is 5.06. The summed E-state index contributed by atoms with van der Waals surface area (Å²) in [6, 6.07) is 8.79. The first kappa shape index (κ1) is 17.7. The van der Waals surface area contributed by atoms with Crippen LogP contribution in [0.25, 0.3) is 11.3 Å². The molecule has 142 valence electrons. The largest absolute Gasteiger partial charge is 0.378 e. The molecule has 0 bridgehead atoms. The number of H-pyrrole nitrogens is 1. The van der Waals surface area contributed by atoms with Crippen molar-refractivity contribution in [1.82, 2.24) is 25.3 Å². The van der Waals surface area contributed by atoms with Crippen molar-refractivity contribution in [3.63, 3.8) is 0 Å². The first-order valence-electron chi connectivity index (χ1n) is 9.22. The number of rotatable bonds is 3. The molecular weight excluding hydrogens is 346 g/mol. The van der Waals surface area contributed by atoms with Crippen LogP contribution in [0.15, 0.2) is 36.5 Å². The van der Waals surface area contributed by atoms with Gasteiger partial charge in [0.25, 0.3) is 5.91 Å². The smallest absolute Gasteiger partial charge is 0.254 e. The molecule has 0 spiro atoms. The van der Waals surface area contributed by atoms with Gasteiger partial charge in [0.1, 0.15) is 6.04 Å². The molecule has 3 heterocycles. The Morgan fingerprint density at radius 3 is 2.56 bits per heavy atom. The lowest BCUT2D eigenvalue weighted by Gasteiger charge is -2.39. The van der Waals surface area contributed by atoms with Crippen molar-refractivity contribution in [2.75, 3.05) is 45.9 Å². The number of hydrogen-bond donors (Lipinski definition) is 2. The molecule has 1 atom stereocenters. The van der Waals surface area contributed by atoms with Gasteiger partial charge in [-0.15, -0.1) is 0 Å². The number of ether oxygens (including phenoxy) is 1. The Hall–Kier alpha value is -2.71. The van der Waals surface area contributed by atoms with Crippen molar-refractivity contribution >= 4 is 11.8 Å². The number of nitrogens with zero attached hydrogens (tertiary/aromatic N) is 3. The average Bonchev–Trinajstić information content (AvgIpc) is 3.28. The normalized spacial score (nSPS) is 20.5. The zero-order chi connectivity index (χ0) is 18.6. The Kier molecular flexibility index (Phi) is 5.17. The molecule has 2 fully saturated rings. The van der Waals surface area contributed by atoms with Gasteiger partial charge in [-0.25, -0.2) is 0 Å². The van der Waals surface area contributed by atoms with Crippen molar-refractivity contribution in [2.45, 2.75) is 6.04 Å². The highest BCUT2D eigenvalue weighted by atomic mass is 16.5. The van der Waals surface area contributed by atoms with E-state index >= 15 is 0 Å². The van der Waals surface area contributed by atoms with Gasteiger partial charge in [-0.3, -0.25) is 14.7 Å². The SMILES string of the molecule is O=C([C@H]1CNCCN1C(=O)c1ccc(-c2ccn[nH]2)cc1)N1CCOCC1. The first-order chi connectivity index (χ1) is 13.2. The van der Waals surface area contributed by atoms with Gasteiger partial charge >= 0.3 is 0 Å². The van der Waals surface area contributed by atoms with Crippen molar-refractivity contribution in [3.05, 3.63) is 42.1 Å². The molecule has 8 heteroatoms. The summed E-state index contributed by atoms with van der Waals surface area (Å²) in [6.45, 7) is 3.94. The number of nitrogens with one attached hydrogen (secondary N) is 2. The fraction of sp³-hybridized carbons (Fsp3) is 0.421.